The molecule has 0 bridgehead atoms. The predicted octanol–water partition coefficient (Wildman–Crippen LogP) is 3.47. The second-order valence-electron chi connectivity index (χ2n) is 5.81. The minimum atomic E-state index is -0.897. The summed E-state index contributed by atoms with van der Waals surface area (Å²) in [5.74, 6) is -1.75. The summed E-state index contributed by atoms with van der Waals surface area (Å²) < 4.78 is 31.6. The molecule has 108 valence electrons. The van der Waals surface area contributed by atoms with Crippen LogP contribution in [0.15, 0.2) is 12.1 Å². The van der Waals surface area contributed by atoms with E-state index in [4.69, 9.17) is 5.73 Å². The van der Waals surface area contributed by atoms with Gasteiger partial charge in [-0.15, -0.1) is 5.10 Å². The van der Waals surface area contributed by atoms with Crippen molar-refractivity contribution in [2.75, 3.05) is 0 Å². The van der Waals surface area contributed by atoms with Crippen molar-refractivity contribution < 1.29 is 8.78 Å². The van der Waals surface area contributed by atoms with E-state index in [9.17, 15) is 8.78 Å². The highest BCUT2D eigenvalue weighted by Crippen LogP contribution is 2.33. The molecule has 0 saturated heterocycles. The van der Waals surface area contributed by atoms with Crippen molar-refractivity contribution in [1.29, 1.82) is 0 Å². The molecule has 20 heavy (non-hydrogen) atoms. The van der Waals surface area contributed by atoms with Crippen LogP contribution in [0.4, 0.5) is 8.78 Å². The molecule has 1 unspecified atom stereocenters. The van der Waals surface area contributed by atoms with Gasteiger partial charge in [-0.25, -0.2) is 8.78 Å². The third-order valence-corrected chi connectivity index (χ3v) is 3.95. The van der Waals surface area contributed by atoms with E-state index in [0.717, 1.165) is 17.2 Å². The van der Waals surface area contributed by atoms with Gasteiger partial charge in [0.05, 0.1) is 16.6 Å². The Hall–Kier alpha value is -1.40. The smallest absolute Gasteiger partial charge is 0.164 e. The summed E-state index contributed by atoms with van der Waals surface area (Å²) in [5, 5.41) is 4.08. The monoisotopic (exact) mass is 297 g/mol. The number of benzene rings is 1. The first kappa shape index (κ1) is 15.0. The molecular formula is C14H17F2N3S. The lowest BCUT2D eigenvalue weighted by molar-refractivity contribution is 0.488. The molecule has 6 heteroatoms. The second kappa shape index (κ2) is 5.18. The molecule has 0 amide bonds. The predicted molar refractivity (Wildman–Crippen MR) is 75.7 cm³/mol. The van der Waals surface area contributed by atoms with Crippen LogP contribution >= 0.6 is 11.5 Å². The summed E-state index contributed by atoms with van der Waals surface area (Å²) in [4.78, 5) is 0.666. The minimum Gasteiger partial charge on any atom is -0.319 e. The van der Waals surface area contributed by atoms with Crippen molar-refractivity contribution in [3.8, 4) is 0 Å². The van der Waals surface area contributed by atoms with Gasteiger partial charge in [0, 0.05) is 11.0 Å². The van der Waals surface area contributed by atoms with Gasteiger partial charge in [-0.3, -0.25) is 0 Å². The highest BCUT2D eigenvalue weighted by Gasteiger charge is 2.28. The zero-order valence-electron chi connectivity index (χ0n) is 11.9. The van der Waals surface area contributed by atoms with Gasteiger partial charge in [0.1, 0.15) is 0 Å². The fourth-order valence-electron chi connectivity index (χ4n) is 1.96. The molecule has 0 saturated carbocycles. The van der Waals surface area contributed by atoms with Crippen LogP contribution in [0, 0.1) is 18.6 Å². The van der Waals surface area contributed by atoms with Gasteiger partial charge in [-0.2, -0.15) is 0 Å². The first-order valence-electron chi connectivity index (χ1n) is 6.26. The zero-order valence-corrected chi connectivity index (χ0v) is 12.7. The Morgan fingerprint density at radius 2 is 1.85 bits per heavy atom. The van der Waals surface area contributed by atoms with Crippen molar-refractivity contribution in [2.24, 2.45) is 5.73 Å². The van der Waals surface area contributed by atoms with Gasteiger partial charge in [-0.05, 0) is 24.0 Å². The molecule has 0 radical (unpaired) electrons. The molecule has 2 rings (SSSR count). The normalized spacial score (nSPS) is 13.6. The summed E-state index contributed by atoms with van der Waals surface area (Å²) in [5.41, 5.74) is 6.96. The lowest BCUT2D eigenvalue weighted by Crippen LogP contribution is -2.20. The molecule has 1 aromatic heterocycles. The van der Waals surface area contributed by atoms with E-state index in [1.54, 1.807) is 0 Å². The number of nitrogens with zero attached hydrogens (tertiary/aromatic N) is 2. The third kappa shape index (κ3) is 2.58. The van der Waals surface area contributed by atoms with Gasteiger partial charge in [-0.1, -0.05) is 37.4 Å². The van der Waals surface area contributed by atoms with E-state index in [2.05, 4.69) is 9.59 Å². The van der Waals surface area contributed by atoms with Crippen molar-refractivity contribution in [3.63, 3.8) is 0 Å². The van der Waals surface area contributed by atoms with Crippen molar-refractivity contribution in [1.82, 2.24) is 9.59 Å². The molecule has 0 aliphatic rings. The lowest BCUT2D eigenvalue weighted by atomic mass is 9.89. The number of aryl methyl sites for hydroxylation is 1. The van der Waals surface area contributed by atoms with Crippen LogP contribution < -0.4 is 5.73 Å². The van der Waals surface area contributed by atoms with E-state index in [0.29, 0.717) is 4.88 Å². The number of rotatable bonds is 2. The Morgan fingerprint density at radius 1 is 1.20 bits per heavy atom. The Labute approximate surface area is 121 Å². The molecule has 1 atom stereocenters. The SMILES string of the molecule is Cc1ccc(C(N)c2snnc2C(C)(C)C)c(F)c1F. The second-order valence-corrected chi connectivity index (χ2v) is 6.60. The van der Waals surface area contributed by atoms with Crippen LogP contribution in [0.25, 0.3) is 0 Å². The van der Waals surface area contributed by atoms with Gasteiger partial charge in [0.2, 0.25) is 0 Å². The van der Waals surface area contributed by atoms with Crippen LogP contribution in [0.3, 0.4) is 0 Å². The van der Waals surface area contributed by atoms with Gasteiger partial charge in [0.15, 0.2) is 11.6 Å². The molecule has 0 aliphatic heterocycles. The number of nitrogens with two attached hydrogens (primary N) is 1. The minimum absolute atomic E-state index is 0.129. The zero-order chi connectivity index (χ0) is 15.1. The average molecular weight is 297 g/mol. The molecule has 3 nitrogen and oxygen atoms in total. The first-order valence-corrected chi connectivity index (χ1v) is 7.03. The lowest BCUT2D eigenvalue weighted by Gasteiger charge is -2.20. The maximum absolute atomic E-state index is 14.0. The molecule has 0 aliphatic carbocycles. The summed E-state index contributed by atoms with van der Waals surface area (Å²) in [6.07, 6.45) is 0. The first-order chi connectivity index (χ1) is 9.23. The van der Waals surface area contributed by atoms with Gasteiger partial charge < -0.3 is 5.73 Å². The molecule has 0 fully saturated rings. The highest BCUT2D eigenvalue weighted by molar-refractivity contribution is 7.05. The molecule has 1 heterocycles. The topological polar surface area (TPSA) is 51.8 Å². The van der Waals surface area contributed by atoms with Crippen molar-refractivity contribution in [3.05, 3.63) is 45.5 Å². The highest BCUT2D eigenvalue weighted by atomic mass is 32.1. The number of hydrogen-bond donors (Lipinski definition) is 1. The third-order valence-electron chi connectivity index (χ3n) is 3.15. The number of aromatic nitrogens is 2. The molecule has 2 aromatic rings. The fourth-order valence-corrected chi connectivity index (χ4v) is 2.85. The van der Waals surface area contributed by atoms with E-state index in [1.807, 2.05) is 20.8 Å². The van der Waals surface area contributed by atoms with E-state index < -0.39 is 17.7 Å². The fraction of sp³-hybridized carbons (Fsp3) is 0.429. The Balaban J connectivity index is 2.50. The van der Waals surface area contributed by atoms with Crippen LogP contribution in [-0.2, 0) is 5.41 Å². The summed E-state index contributed by atoms with van der Waals surface area (Å²) in [7, 11) is 0. The number of halogens is 2. The quantitative estimate of drug-likeness (QED) is 0.923. The molecule has 2 N–H and O–H groups in total. The largest absolute Gasteiger partial charge is 0.319 e. The van der Waals surface area contributed by atoms with E-state index in [1.165, 1.54) is 19.1 Å². The van der Waals surface area contributed by atoms with E-state index in [-0.39, 0.29) is 16.5 Å². The molecular weight excluding hydrogens is 280 g/mol. The van der Waals surface area contributed by atoms with Gasteiger partial charge in [0.25, 0.3) is 0 Å². The van der Waals surface area contributed by atoms with Crippen LogP contribution in [0.1, 0.15) is 48.5 Å². The van der Waals surface area contributed by atoms with Crippen LogP contribution in [0.2, 0.25) is 0 Å². The van der Waals surface area contributed by atoms with E-state index >= 15 is 0 Å². The van der Waals surface area contributed by atoms with Crippen LogP contribution in [0.5, 0.6) is 0 Å². The molecule has 1 aromatic carbocycles. The van der Waals surface area contributed by atoms with Gasteiger partial charge >= 0.3 is 0 Å². The standard InChI is InChI=1S/C14H17F2N3S/c1-7-5-6-8(10(16)9(7)15)11(17)12-13(14(2,3)4)18-19-20-12/h5-6,11H,17H2,1-4H3. The summed E-state index contributed by atoms with van der Waals surface area (Å²) >= 11 is 1.12. The van der Waals surface area contributed by atoms with Crippen LogP contribution in [-0.4, -0.2) is 9.59 Å². The maximum atomic E-state index is 14.0. The number of hydrogen-bond acceptors (Lipinski definition) is 4. The maximum Gasteiger partial charge on any atom is 0.164 e. The molecule has 0 spiro atoms. The Kier molecular flexibility index (Phi) is 3.88. The Bertz CT molecular complexity index is 632. The summed E-state index contributed by atoms with van der Waals surface area (Å²) in [6, 6.07) is 2.28. The average Bonchev–Trinajstić information content (AvgIpc) is 2.84. The van der Waals surface area contributed by atoms with Crippen molar-refractivity contribution >= 4 is 11.5 Å². The Morgan fingerprint density at radius 3 is 2.45 bits per heavy atom. The summed E-state index contributed by atoms with van der Waals surface area (Å²) in [6.45, 7) is 7.45. The van der Waals surface area contributed by atoms with Crippen molar-refractivity contribution in [2.45, 2.75) is 39.2 Å².